The molecule has 0 aliphatic heterocycles. The molecule has 0 unspecified atom stereocenters. The molecule has 0 aliphatic carbocycles. The molecule has 0 spiro atoms. The highest BCUT2D eigenvalue weighted by Gasteiger charge is 2.12. The summed E-state index contributed by atoms with van der Waals surface area (Å²) in [6.07, 6.45) is 3.43. The quantitative estimate of drug-likeness (QED) is 0.598. The van der Waals surface area contributed by atoms with Crippen LogP contribution in [0, 0.1) is 0 Å². The average molecular weight is 364 g/mol. The van der Waals surface area contributed by atoms with Gasteiger partial charge in [0.05, 0.1) is 24.3 Å². The van der Waals surface area contributed by atoms with E-state index in [1.807, 2.05) is 24.3 Å². The molecule has 0 radical (unpaired) electrons. The fraction of sp³-hybridized carbons (Fsp3) is 0.150. The molecule has 2 heterocycles. The molecule has 0 fully saturated rings. The number of nitrogens with one attached hydrogen (secondary N) is 3. The molecule has 3 N–H and O–H groups in total. The van der Waals surface area contributed by atoms with E-state index in [-0.39, 0.29) is 18.4 Å². The number of carbonyl (C=O) groups excluding carboxylic acids is 2. The fourth-order valence-corrected chi connectivity index (χ4v) is 2.56. The van der Waals surface area contributed by atoms with Crippen molar-refractivity contribution in [3.63, 3.8) is 0 Å². The van der Waals surface area contributed by atoms with Crippen LogP contribution in [0.1, 0.15) is 16.1 Å². The number of para-hydroxylation sites is 1. The molecule has 0 saturated carbocycles. The van der Waals surface area contributed by atoms with E-state index in [1.165, 1.54) is 0 Å². The summed E-state index contributed by atoms with van der Waals surface area (Å²) in [5.74, 6) is 0.944. The van der Waals surface area contributed by atoms with Gasteiger partial charge in [-0.2, -0.15) is 0 Å². The lowest BCUT2D eigenvalue weighted by Crippen LogP contribution is -2.29. The van der Waals surface area contributed by atoms with Gasteiger partial charge in [-0.1, -0.05) is 12.1 Å². The molecular weight excluding hydrogens is 344 g/mol. The summed E-state index contributed by atoms with van der Waals surface area (Å²) in [6.45, 7) is 0.496. The van der Waals surface area contributed by atoms with Crippen LogP contribution in [-0.2, 0) is 11.3 Å². The topological polar surface area (TPSA) is 96.3 Å². The summed E-state index contributed by atoms with van der Waals surface area (Å²) in [7, 11) is 1.55. The van der Waals surface area contributed by atoms with E-state index >= 15 is 0 Å². The van der Waals surface area contributed by atoms with Crippen LogP contribution in [0.2, 0.25) is 0 Å². The van der Waals surface area contributed by atoms with Crippen LogP contribution in [0.25, 0.3) is 11.3 Å². The molecule has 3 aromatic rings. The summed E-state index contributed by atoms with van der Waals surface area (Å²) in [6, 6.07) is 14.3. The van der Waals surface area contributed by atoms with Crippen LogP contribution in [-0.4, -0.2) is 30.4 Å². The van der Waals surface area contributed by atoms with Gasteiger partial charge in [-0.05, 0) is 36.4 Å². The summed E-state index contributed by atoms with van der Waals surface area (Å²) in [5.41, 5.74) is 1.79. The van der Waals surface area contributed by atoms with Crippen molar-refractivity contribution in [2.24, 2.45) is 0 Å². The first-order valence-corrected chi connectivity index (χ1v) is 8.48. The Morgan fingerprint density at radius 2 is 1.93 bits per heavy atom. The van der Waals surface area contributed by atoms with Crippen LogP contribution in [0.5, 0.6) is 0 Å². The van der Waals surface area contributed by atoms with Gasteiger partial charge in [-0.15, -0.1) is 0 Å². The number of anilines is 1. The van der Waals surface area contributed by atoms with Gasteiger partial charge in [0.15, 0.2) is 0 Å². The number of rotatable bonds is 7. The Bertz CT molecular complexity index is 922. The lowest BCUT2D eigenvalue weighted by Gasteiger charge is -2.10. The summed E-state index contributed by atoms with van der Waals surface area (Å²) >= 11 is 0. The number of hydrogen-bond donors (Lipinski definition) is 3. The van der Waals surface area contributed by atoms with Crippen LogP contribution in [0.4, 0.5) is 5.69 Å². The number of amides is 2. The predicted octanol–water partition coefficient (Wildman–Crippen LogP) is 2.43. The van der Waals surface area contributed by atoms with E-state index < -0.39 is 0 Å². The molecule has 7 heteroatoms. The largest absolute Gasteiger partial charge is 0.460 e. The molecule has 2 aromatic heterocycles. The Balaban J connectivity index is 1.52. The zero-order valence-corrected chi connectivity index (χ0v) is 14.9. The third-order valence-electron chi connectivity index (χ3n) is 3.87. The number of aromatic nitrogens is 1. The van der Waals surface area contributed by atoms with E-state index in [2.05, 4.69) is 20.9 Å². The Morgan fingerprint density at radius 3 is 2.70 bits per heavy atom. The summed E-state index contributed by atoms with van der Waals surface area (Å²) in [5, 5.41) is 8.32. The number of benzene rings is 1. The van der Waals surface area contributed by atoms with E-state index in [0.29, 0.717) is 23.6 Å². The van der Waals surface area contributed by atoms with Crippen LogP contribution >= 0.6 is 0 Å². The first kappa shape index (κ1) is 18.3. The third kappa shape index (κ3) is 4.80. The van der Waals surface area contributed by atoms with Crippen LogP contribution in [0.15, 0.2) is 65.3 Å². The maximum Gasteiger partial charge on any atom is 0.253 e. The van der Waals surface area contributed by atoms with Gasteiger partial charge in [0, 0.05) is 25.0 Å². The molecule has 27 heavy (non-hydrogen) atoms. The van der Waals surface area contributed by atoms with Gasteiger partial charge in [0.1, 0.15) is 11.5 Å². The number of nitrogens with zero attached hydrogens (tertiary/aromatic N) is 1. The smallest absolute Gasteiger partial charge is 0.253 e. The minimum atomic E-state index is -0.252. The highest BCUT2D eigenvalue weighted by molar-refractivity contribution is 6.03. The zero-order valence-electron chi connectivity index (χ0n) is 14.9. The van der Waals surface area contributed by atoms with Gasteiger partial charge >= 0.3 is 0 Å². The second-order valence-electron chi connectivity index (χ2n) is 5.78. The second-order valence-corrected chi connectivity index (χ2v) is 5.78. The van der Waals surface area contributed by atoms with Crippen molar-refractivity contribution in [1.29, 1.82) is 0 Å². The Kier molecular flexibility index (Phi) is 5.96. The van der Waals surface area contributed by atoms with Crippen LogP contribution < -0.4 is 16.0 Å². The molecule has 1 aromatic carbocycles. The molecule has 138 valence electrons. The van der Waals surface area contributed by atoms with Crippen molar-refractivity contribution in [1.82, 2.24) is 15.6 Å². The zero-order chi connectivity index (χ0) is 19.1. The van der Waals surface area contributed by atoms with Gasteiger partial charge in [-0.3, -0.25) is 14.6 Å². The van der Waals surface area contributed by atoms with Crippen molar-refractivity contribution in [3.8, 4) is 11.3 Å². The van der Waals surface area contributed by atoms with Crippen LogP contribution in [0.3, 0.4) is 0 Å². The monoisotopic (exact) mass is 364 g/mol. The molecule has 2 amide bonds. The summed E-state index contributed by atoms with van der Waals surface area (Å²) < 4.78 is 5.75. The van der Waals surface area contributed by atoms with Crippen molar-refractivity contribution in [2.75, 3.05) is 18.9 Å². The normalized spacial score (nSPS) is 10.4. The highest BCUT2D eigenvalue weighted by atomic mass is 16.3. The molecule has 0 aliphatic rings. The predicted molar refractivity (Wildman–Crippen MR) is 102 cm³/mol. The maximum atomic E-state index is 12.1. The molecule has 0 saturated heterocycles. The Morgan fingerprint density at radius 1 is 1.07 bits per heavy atom. The van der Waals surface area contributed by atoms with E-state index in [9.17, 15) is 9.59 Å². The number of furan rings is 1. The molecule has 7 nitrogen and oxygen atoms in total. The van der Waals surface area contributed by atoms with Gasteiger partial charge in [0.25, 0.3) is 5.91 Å². The standard InChI is InChI=1S/C20H20N4O3/c1-21-20(26)16-6-2-3-7-17(16)24-19(25)13-23-12-15-8-9-18(27-15)14-5-4-10-22-11-14/h2-11,23H,12-13H2,1H3,(H,21,26)(H,24,25). The van der Waals surface area contributed by atoms with E-state index in [1.54, 1.807) is 43.7 Å². The number of pyridine rings is 1. The van der Waals surface area contributed by atoms with Crippen molar-refractivity contribution in [3.05, 3.63) is 72.2 Å². The minimum Gasteiger partial charge on any atom is -0.460 e. The SMILES string of the molecule is CNC(=O)c1ccccc1NC(=O)CNCc1ccc(-c2cccnc2)o1. The second kappa shape index (κ2) is 8.77. The van der Waals surface area contributed by atoms with Crippen molar-refractivity contribution < 1.29 is 14.0 Å². The lowest BCUT2D eigenvalue weighted by atomic mass is 10.1. The highest BCUT2D eigenvalue weighted by Crippen LogP contribution is 2.20. The fourth-order valence-electron chi connectivity index (χ4n) is 2.56. The van der Waals surface area contributed by atoms with Gasteiger partial charge in [0.2, 0.25) is 5.91 Å². The number of hydrogen-bond acceptors (Lipinski definition) is 5. The van der Waals surface area contributed by atoms with Gasteiger partial charge in [-0.25, -0.2) is 0 Å². The lowest BCUT2D eigenvalue weighted by molar-refractivity contribution is -0.115. The van der Waals surface area contributed by atoms with Crippen molar-refractivity contribution >= 4 is 17.5 Å². The van der Waals surface area contributed by atoms with E-state index in [4.69, 9.17) is 4.42 Å². The summed E-state index contributed by atoms with van der Waals surface area (Å²) in [4.78, 5) is 28.1. The number of carbonyl (C=O) groups is 2. The van der Waals surface area contributed by atoms with Gasteiger partial charge < -0.3 is 20.4 Å². The first-order chi connectivity index (χ1) is 13.2. The molecule has 0 atom stereocenters. The third-order valence-corrected chi connectivity index (χ3v) is 3.87. The average Bonchev–Trinajstić information content (AvgIpc) is 3.17. The van der Waals surface area contributed by atoms with E-state index in [0.717, 1.165) is 11.3 Å². The Labute approximate surface area is 156 Å². The Hall–Kier alpha value is -3.45. The maximum absolute atomic E-state index is 12.1. The minimum absolute atomic E-state index is 0.0883. The van der Waals surface area contributed by atoms with Crippen molar-refractivity contribution in [2.45, 2.75) is 6.54 Å². The molecule has 0 bridgehead atoms. The molecular formula is C20H20N4O3. The first-order valence-electron chi connectivity index (χ1n) is 8.48. The molecule has 3 rings (SSSR count).